The van der Waals surface area contributed by atoms with Crippen LogP contribution < -0.4 is 4.74 Å². The zero-order chi connectivity index (χ0) is 24.2. The van der Waals surface area contributed by atoms with Crippen LogP contribution >= 0.6 is 27.5 Å². The number of carbonyl (C=O) groups is 1. The highest BCUT2D eigenvalue weighted by Gasteiger charge is 2.18. The molecule has 0 aliphatic rings. The number of carbonyl (C=O) groups excluding carboxylic acids is 1. The second kappa shape index (κ2) is 10.4. The van der Waals surface area contributed by atoms with E-state index in [0.29, 0.717) is 28.6 Å². The van der Waals surface area contributed by atoms with E-state index in [1.165, 1.54) is 5.56 Å². The summed E-state index contributed by atoms with van der Waals surface area (Å²) in [6.07, 6.45) is 0. The van der Waals surface area contributed by atoms with Crippen molar-refractivity contribution >= 4 is 50.0 Å². The summed E-state index contributed by atoms with van der Waals surface area (Å²) >= 11 is 9.77. The molecule has 4 aromatic rings. The number of hydrogen-bond donors (Lipinski definition) is 1. The van der Waals surface area contributed by atoms with Crippen LogP contribution in [0.3, 0.4) is 0 Å². The van der Waals surface area contributed by atoms with Gasteiger partial charge in [0.15, 0.2) is 12.3 Å². The topological polar surface area (TPSA) is 76.2 Å². The van der Waals surface area contributed by atoms with Gasteiger partial charge in [-0.3, -0.25) is 4.79 Å². The lowest BCUT2D eigenvalue weighted by atomic mass is 10.0. The summed E-state index contributed by atoms with van der Waals surface area (Å²) in [7, 11) is 0. The second-order valence-corrected chi connectivity index (χ2v) is 9.44. The molecule has 0 aliphatic carbocycles. The lowest BCUT2D eigenvalue weighted by Gasteiger charge is -2.08. The molecule has 0 fully saturated rings. The Hall–Kier alpha value is -3.16. The van der Waals surface area contributed by atoms with Gasteiger partial charge in [-0.25, -0.2) is 0 Å². The van der Waals surface area contributed by atoms with Crippen molar-refractivity contribution in [3.8, 4) is 11.6 Å². The molecular weight excluding hydrogens is 518 g/mol. The Morgan fingerprint density at radius 3 is 2.56 bits per heavy atom. The van der Waals surface area contributed by atoms with Crippen LogP contribution in [0.1, 0.15) is 30.9 Å². The number of halogens is 2. The molecular formula is C26H23BrClN3O3. The predicted molar refractivity (Wildman–Crippen MR) is 137 cm³/mol. The molecule has 1 heterocycles. The van der Waals surface area contributed by atoms with Crippen molar-refractivity contribution in [1.82, 2.24) is 4.57 Å². The zero-order valence-corrected chi connectivity index (χ0v) is 21.0. The van der Waals surface area contributed by atoms with Crippen LogP contribution in [-0.4, -0.2) is 22.2 Å². The quantitative estimate of drug-likeness (QED) is 0.245. The molecule has 1 amide bonds. The molecule has 8 heteroatoms. The minimum atomic E-state index is -0.561. The van der Waals surface area contributed by atoms with E-state index in [1.54, 1.807) is 10.6 Å². The van der Waals surface area contributed by atoms with Crippen LogP contribution in [-0.2, 0) is 11.3 Å². The molecule has 1 aromatic heterocycles. The van der Waals surface area contributed by atoms with Gasteiger partial charge in [0.05, 0.1) is 12.1 Å². The normalized spacial score (nSPS) is 11.6. The van der Waals surface area contributed by atoms with E-state index < -0.39 is 5.91 Å². The smallest absolute Gasteiger partial charge is 0.302 e. The average Bonchev–Trinajstić information content (AvgIpc) is 3.07. The molecule has 3 aromatic carbocycles. The standard InChI is InChI=1S/C26H23BrClN3O3/c1-16(2)17-7-10-20(11-8-17)34-15-24(32)29-30-25-21-13-19(27)9-12-23(21)31(26(25)33)14-18-5-3-4-6-22(18)28/h3-13,16,33H,14-15H2,1-2H3. The minimum Gasteiger partial charge on any atom is -0.493 e. The van der Waals surface area contributed by atoms with Gasteiger partial charge in [-0.1, -0.05) is 71.7 Å². The van der Waals surface area contributed by atoms with E-state index in [-0.39, 0.29) is 18.2 Å². The van der Waals surface area contributed by atoms with Crippen molar-refractivity contribution in [2.24, 2.45) is 10.2 Å². The van der Waals surface area contributed by atoms with Gasteiger partial charge in [0, 0.05) is 14.9 Å². The first-order valence-corrected chi connectivity index (χ1v) is 11.9. The van der Waals surface area contributed by atoms with Crippen molar-refractivity contribution in [3.05, 3.63) is 87.4 Å². The highest BCUT2D eigenvalue weighted by Crippen LogP contribution is 2.41. The molecule has 0 aliphatic heterocycles. The van der Waals surface area contributed by atoms with E-state index in [9.17, 15) is 9.90 Å². The Bertz CT molecular complexity index is 1360. The number of azo groups is 1. The van der Waals surface area contributed by atoms with Gasteiger partial charge < -0.3 is 14.4 Å². The number of nitrogens with zero attached hydrogens (tertiary/aromatic N) is 3. The Labute approximate surface area is 211 Å². The number of ether oxygens (including phenoxy) is 1. The van der Waals surface area contributed by atoms with Crippen molar-refractivity contribution in [2.75, 3.05) is 6.61 Å². The lowest BCUT2D eigenvalue weighted by molar-refractivity contribution is -0.120. The summed E-state index contributed by atoms with van der Waals surface area (Å²) in [4.78, 5) is 12.3. The van der Waals surface area contributed by atoms with Gasteiger partial charge in [-0.15, -0.1) is 10.2 Å². The second-order valence-electron chi connectivity index (χ2n) is 8.12. The van der Waals surface area contributed by atoms with Crippen molar-refractivity contribution in [3.63, 3.8) is 0 Å². The molecule has 4 rings (SSSR count). The van der Waals surface area contributed by atoms with Gasteiger partial charge in [-0.05, 0) is 53.4 Å². The van der Waals surface area contributed by atoms with Crippen LogP contribution in [0.2, 0.25) is 5.02 Å². The third kappa shape index (κ3) is 5.32. The summed E-state index contributed by atoms with van der Waals surface area (Å²) < 4.78 is 8.03. The maximum absolute atomic E-state index is 12.3. The molecule has 6 nitrogen and oxygen atoms in total. The molecule has 1 N–H and O–H groups in total. The largest absolute Gasteiger partial charge is 0.493 e. The van der Waals surface area contributed by atoms with Crippen molar-refractivity contribution < 1.29 is 14.6 Å². The van der Waals surface area contributed by atoms with Crippen LogP contribution in [0.25, 0.3) is 10.9 Å². The first kappa shape index (κ1) is 24.0. The van der Waals surface area contributed by atoms with Crippen molar-refractivity contribution in [2.45, 2.75) is 26.3 Å². The number of aromatic nitrogens is 1. The summed E-state index contributed by atoms with van der Waals surface area (Å²) in [5.74, 6) is 0.331. The van der Waals surface area contributed by atoms with Gasteiger partial charge >= 0.3 is 5.91 Å². The van der Waals surface area contributed by atoms with Gasteiger partial charge in [0.1, 0.15) is 5.75 Å². The SMILES string of the molecule is CC(C)c1ccc(OCC(=O)N=Nc2c(O)n(Cc3ccccc3Cl)c3ccc(Br)cc23)cc1. The van der Waals surface area contributed by atoms with Gasteiger partial charge in [-0.2, -0.15) is 0 Å². The van der Waals surface area contributed by atoms with E-state index >= 15 is 0 Å². The third-order valence-electron chi connectivity index (χ3n) is 5.43. The number of fused-ring (bicyclic) bond motifs is 1. The Kier molecular flexibility index (Phi) is 7.34. The number of benzene rings is 3. The molecule has 0 saturated carbocycles. The highest BCUT2D eigenvalue weighted by molar-refractivity contribution is 9.10. The summed E-state index contributed by atoms with van der Waals surface area (Å²) in [5, 5.41) is 20.1. The summed E-state index contributed by atoms with van der Waals surface area (Å²) in [5.41, 5.74) is 2.98. The predicted octanol–water partition coefficient (Wildman–Crippen LogP) is 7.62. The summed E-state index contributed by atoms with van der Waals surface area (Å²) in [6, 6.07) is 20.6. The average molecular weight is 541 g/mol. The maximum Gasteiger partial charge on any atom is 0.302 e. The molecule has 0 bridgehead atoms. The molecule has 0 spiro atoms. The first-order chi connectivity index (χ1) is 16.3. The highest BCUT2D eigenvalue weighted by atomic mass is 79.9. The molecule has 0 unspecified atom stereocenters. The summed E-state index contributed by atoms with van der Waals surface area (Å²) in [6.45, 7) is 4.30. The van der Waals surface area contributed by atoms with Gasteiger partial charge in [0.25, 0.3) is 0 Å². The number of aromatic hydroxyl groups is 1. The van der Waals surface area contributed by atoms with Crippen LogP contribution in [0.15, 0.2) is 81.4 Å². The fraction of sp³-hybridized carbons (Fsp3) is 0.192. The molecule has 0 saturated heterocycles. The number of hydrogen-bond acceptors (Lipinski definition) is 4. The molecule has 0 radical (unpaired) electrons. The monoisotopic (exact) mass is 539 g/mol. The van der Waals surface area contributed by atoms with E-state index in [4.69, 9.17) is 16.3 Å². The van der Waals surface area contributed by atoms with Crippen LogP contribution in [0, 0.1) is 0 Å². The Balaban J connectivity index is 1.56. The van der Waals surface area contributed by atoms with E-state index in [1.807, 2.05) is 60.7 Å². The molecule has 0 atom stereocenters. The van der Waals surface area contributed by atoms with Crippen molar-refractivity contribution in [1.29, 1.82) is 0 Å². The van der Waals surface area contributed by atoms with Gasteiger partial charge in [0.2, 0.25) is 5.88 Å². The Morgan fingerprint density at radius 2 is 1.85 bits per heavy atom. The Morgan fingerprint density at radius 1 is 1.12 bits per heavy atom. The minimum absolute atomic E-state index is 0.102. The fourth-order valence-corrected chi connectivity index (χ4v) is 4.14. The zero-order valence-electron chi connectivity index (χ0n) is 18.7. The molecule has 34 heavy (non-hydrogen) atoms. The maximum atomic E-state index is 12.3. The fourth-order valence-electron chi connectivity index (χ4n) is 3.58. The van der Waals surface area contributed by atoms with Crippen LogP contribution in [0.5, 0.6) is 11.6 Å². The van der Waals surface area contributed by atoms with E-state index in [2.05, 4.69) is 40.0 Å². The molecule has 174 valence electrons. The lowest BCUT2D eigenvalue weighted by Crippen LogP contribution is -2.07. The van der Waals surface area contributed by atoms with E-state index in [0.717, 1.165) is 15.6 Å². The third-order valence-corrected chi connectivity index (χ3v) is 6.29. The number of rotatable bonds is 7. The number of amides is 1. The first-order valence-electron chi connectivity index (χ1n) is 10.7. The van der Waals surface area contributed by atoms with Crippen LogP contribution in [0.4, 0.5) is 5.69 Å².